The molecule has 6 nitrogen and oxygen atoms in total. The number of benzene rings is 3. The van der Waals surface area contributed by atoms with Gasteiger partial charge >= 0.3 is 0 Å². The lowest BCUT2D eigenvalue weighted by Gasteiger charge is -2.36. The predicted molar refractivity (Wildman–Crippen MR) is 160 cm³/mol. The molecule has 38 heavy (non-hydrogen) atoms. The van der Waals surface area contributed by atoms with Crippen LogP contribution in [0.4, 0.5) is 11.4 Å². The van der Waals surface area contributed by atoms with Crippen molar-refractivity contribution in [3.8, 4) is 0 Å². The van der Waals surface area contributed by atoms with E-state index in [1.54, 1.807) is 18.2 Å². The molecule has 1 heterocycles. The molecule has 0 aromatic heterocycles. The van der Waals surface area contributed by atoms with Crippen molar-refractivity contribution >= 4 is 52.1 Å². The average molecular weight is 549 g/mol. The smallest absolute Gasteiger partial charge is 0.257 e. The number of aryl methyl sites for hydroxylation is 1. The van der Waals surface area contributed by atoms with Crippen LogP contribution >= 0.6 is 23.8 Å². The van der Waals surface area contributed by atoms with Crippen LogP contribution in [0, 0.1) is 6.92 Å². The number of rotatable bonds is 4. The highest BCUT2D eigenvalue weighted by Gasteiger charge is 2.24. The number of anilines is 2. The fourth-order valence-corrected chi connectivity index (χ4v) is 4.94. The summed E-state index contributed by atoms with van der Waals surface area (Å²) >= 11 is 12.0. The number of carbonyl (C=O) groups excluding carboxylic acids is 2. The summed E-state index contributed by atoms with van der Waals surface area (Å²) in [5, 5.41) is 6.53. The van der Waals surface area contributed by atoms with Gasteiger partial charge in [-0.25, -0.2) is 0 Å². The molecule has 0 aliphatic carbocycles. The van der Waals surface area contributed by atoms with Crippen molar-refractivity contribution in [1.29, 1.82) is 0 Å². The molecule has 198 valence electrons. The van der Waals surface area contributed by atoms with Crippen LogP contribution in [0.5, 0.6) is 0 Å². The second-order valence-electron chi connectivity index (χ2n) is 10.5. The lowest BCUT2D eigenvalue weighted by Crippen LogP contribution is -2.49. The summed E-state index contributed by atoms with van der Waals surface area (Å²) in [4.78, 5) is 29.6. The summed E-state index contributed by atoms with van der Waals surface area (Å²) in [5.74, 6) is -0.210. The van der Waals surface area contributed by atoms with Crippen LogP contribution in [0.25, 0.3) is 0 Å². The lowest BCUT2D eigenvalue weighted by molar-refractivity contribution is 0.0746. The molecule has 0 unspecified atom stereocenters. The van der Waals surface area contributed by atoms with E-state index < -0.39 is 0 Å². The molecule has 0 saturated carbocycles. The largest absolute Gasteiger partial charge is 0.367 e. The number of thiocarbonyl (C=S) groups is 1. The minimum atomic E-state index is -0.274. The lowest BCUT2D eigenvalue weighted by atomic mass is 9.87. The van der Waals surface area contributed by atoms with Gasteiger partial charge in [0.1, 0.15) is 0 Å². The first-order valence-corrected chi connectivity index (χ1v) is 13.4. The molecular formula is C30H33ClN4O2S. The summed E-state index contributed by atoms with van der Waals surface area (Å²) in [5.41, 5.74) is 5.02. The number of halogens is 1. The first-order valence-electron chi connectivity index (χ1n) is 12.7. The molecule has 3 aromatic carbocycles. The van der Waals surface area contributed by atoms with E-state index in [1.807, 2.05) is 60.4 Å². The molecule has 1 aliphatic heterocycles. The SMILES string of the molecule is Cc1ccccc1C(=O)N1CCN(c2ccc(NC(=S)NC(=O)c3ccc(C(C)(C)C)cc3)cc2Cl)CC1. The topological polar surface area (TPSA) is 64.7 Å². The molecule has 0 bridgehead atoms. The minimum Gasteiger partial charge on any atom is -0.367 e. The summed E-state index contributed by atoms with van der Waals surface area (Å²) in [6, 6.07) is 20.8. The molecule has 0 spiro atoms. The molecule has 1 fully saturated rings. The fraction of sp³-hybridized carbons (Fsp3) is 0.300. The number of amides is 2. The maximum Gasteiger partial charge on any atom is 0.257 e. The van der Waals surface area contributed by atoms with E-state index in [0.29, 0.717) is 42.5 Å². The van der Waals surface area contributed by atoms with Gasteiger partial charge in [0.05, 0.1) is 10.7 Å². The zero-order valence-electron chi connectivity index (χ0n) is 22.2. The third kappa shape index (κ3) is 6.52. The van der Waals surface area contributed by atoms with Crippen LogP contribution in [-0.4, -0.2) is 48.0 Å². The van der Waals surface area contributed by atoms with Gasteiger partial charge in [-0.1, -0.05) is 62.7 Å². The molecular weight excluding hydrogens is 516 g/mol. The number of carbonyl (C=O) groups is 2. The van der Waals surface area contributed by atoms with Crippen molar-refractivity contribution in [3.63, 3.8) is 0 Å². The minimum absolute atomic E-state index is 0.0174. The van der Waals surface area contributed by atoms with Crippen LogP contribution in [0.1, 0.15) is 52.6 Å². The Morgan fingerprint density at radius 3 is 2.18 bits per heavy atom. The number of nitrogens with one attached hydrogen (secondary N) is 2. The van der Waals surface area contributed by atoms with Crippen LogP contribution in [-0.2, 0) is 5.41 Å². The number of nitrogens with zero attached hydrogens (tertiary/aromatic N) is 2. The quantitative estimate of drug-likeness (QED) is 0.389. The maximum atomic E-state index is 12.9. The summed E-state index contributed by atoms with van der Waals surface area (Å²) in [6.07, 6.45) is 0. The molecule has 1 aliphatic rings. The Balaban J connectivity index is 1.32. The van der Waals surface area contributed by atoms with Crippen molar-refractivity contribution in [3.05, 3.63) is 94.0 Å². The fourth-order valence-electron chi connectivity index (χ4n) is 4.43. The first kappa shape index (κ1) is 27.6. The molecule has 8 heteroatoms. The predicted octanol–water partition coefficient (Wildman–Crippen LogP) is 6.04. The second kappa shape index (κ2) is 11.5. The van der Waals surface area contributed by atoms with E-state index in [0.717, 1.165) is 22.4 Å². The highest BCUT2D eigenvalue weighted by molar-refractivity contribution is 7.80. The third-order valence-electron chi connectivity index (χ3n) is 6.73. The van der Waals surface area contributed by atoms with Gasteiger partial charge in [0.2, 0.25) is 0 Å². The van der Waals surface area contributed by atoms with Gasteiger partial charge in [-0.15, -0.1) is 0 Å². The van der Waals surface area contributed by atoms with Crippen LogP contribution in [0.2, 0.25) is 5.02 Å². The Hall–Kier alpha value is -3.42. The molecule has 0 atom stereocenters. The molecule has 0 radical (unpaired) electrons. The zero-order chi connectivity index (χ0) is 27.4. The van der Waals surface area contributed by atoms with Crippen LogP contribution in [0.3, 0.4) is 0 Å². The van der Waals surface area contributed by atoms with E-state index in [1.165, 1.54) is 0 Å². The van der Waals surface area contributed by atoms with Crippen molar-refractivity contribution in [1.82, 2.24) is 10.2 Å². The standard InChI is InChI=1S/C30H33ClN4O2S/c1-20-7-5-6-8-24(20)28(37)35-17-15-34(16-18-35)26-14-13-23(19-25(26)31)32-29(38)33-27(36)21-9-11-22(12-10-21)30(2,3)4/h5-14,19H,15-18H2,1-4H3,(H2,32,33,36,38). The van der Waals surface area contributed by atoms with Gasteiger partial charge in [-0.3, -0.25) is 14.9 Å². The van der Waals surface area contributed by atoms with Gasteiger partial charge in [0.25, 0.3) is 11.8 Å². The van der Waals surface area contributed by atoms with Crippen molar-refractivity contribution in [2.24, 2.45) is 0 Å². The van der Waals surface area contributed by atoms with E-state index >= 15 is 0 Å². The van der Waals surface area contributed by atoms with Gasteiger partial charge in [-0.2, -0.15) is 0 Å². The zero-order valence-corrected chi connectivity index (χ0v) is 23.7. The van der Waals surface area contributed by atoms with Gasteiger partial charge < -0.3 is 15.1 Å². The van der Waals surface area contributed by atoms with E-state index in [-0.39, 0.29) is 22.3 Å². The van der Waals surface area contributed by atoms with Crippen LogP contribution < -0.4 is 15.5 Å². The summed E-state index contributed by atoms with van der Waals surface area (Å²) < 4.78 is 0. The summed E-state index contributed by atoms with van der Waals surface area (Å²) in [7, 11) is 0. The number of hydrogen-bond donors (Lipinski definition) is 2. The Kier molecular flexibility index (Phi) is 8.38. The summed E-state index contributed by atoms with van der Waals surface area (Å²) in [6.45, 7) is 11.0. The molecule has 2 amide bonds. The number of piperazine rings is 1. The van der Waals surface area contributed by atoms with Crippen LogP contribution in [0.15, 0.2) is 66.7 Å². The Labute approximate surface area is 235 Å². The maximum absolute atomic E-state index is 12.9. The average Bonchev–Trinajstić information content (AvgIpc) is 2.88. The van der Waals surface area contributed by atoms with Crippen molar-refractivity contribution < 1.29 is 9.59 Å². The van der Waals surface area contributed by atoms with Gasteiger partial charge in [0.15, 0.2) is 5.11 Å². The second-order valence-corrected chi connectivity index (χ2v) is 11.3. The van der Waals surface area contributed by atoms with E-state index in [2.05, 4.69) is 36.3 Å². The Morgan fingerprint density at radius 2 is 1.58 bits per heavy atom. The Morgan fingerprint density at radius 1 is 0.921 bits per heavy atom. The highest BCUT2D eigenvalue weighted by atomic mass is 35.5. The van der Waals surface area contributed by atoms with Gasteiger partial charge in [-0.05, 0) is 72.1 Å². The first-order chi connectivity index (χ1) is 18.0. The molecule has 1 saturated heterocycles. The van der Waals surface area contributed by atoms with E-state index in [4.69, 9.17) is 23.8 Å². The van der Waals surface area contributed by atoms with Gasteiger partial charge in [0, 0.05) is 43.0 Å². The monoisotopic (exact) mass is 548 g/mol. The highest BCUT2D eigenvalue weighted by Crippen LogP contribution is 2.30. The molecule has 2 N–H and O–H groups in total. The normalized spacial score (nSPS) is 13.7. The Bertz CT molecular complexity index is 1340. The van der Waals surface area contributed by atoms with E-state index in [9.17, 15) is 9.59 Å². The molecule has 4 rings (SSSR count). The van der Waals surface area contributed by atoms with Crippen molar-refractivity contribution in [2.75, 3.05) is 36.4 Å². The molecule has 3 aromatic rings. The third-order valence-corrected chi connectivity index (χ3v) is 7.24. The van der Waals surface area contributed by atoms with Crippen molar-refractivity contribution in [2.45, 2.75) is 33.1 Å². The number of hydrogen-bond acceptors (Lipinski definition) is 4.